The summed E-state index contributed by atoms with van der Waals surface area (Å²) in [6.07, 6.45) is 0. The minimum Gasteiger partial charge on any atom is -0.427 e. The van der Waals surface area contributed by atoms with E-state index in [9.17, 15) is 14.4 Å². The molecule has 2 amide bonds. The molecule has 23 heavy (non-hydrogen) atoms. The van der Waals surface area contributed by atoms with Crippen molar-refractivity contribution in [3.8, 4) is 0 Å². The Bertz CT molecular complexity index is 651. The van der Waals surface area contributed by atoms with E-state index >= 15 is 0 Å². The molecule has 0 spiro atoms. The van der Waals surface area contributed by atoms with Gasteiger partial charge in [0.2, 0.25) is 5.91 Å². The predicted octanol–water partition coefficient (Wildman–Crippen LogP) is 1.59. The van der Waals surface area contributed by atoms with Crippen LogP contribution in [-0.2, 0) is 4.79 Å². The second kappa shape index (κ2) is 6.56. The Kier molecular flexibility index (Phi) is 4.92. The highest BCUT2D eigenvalue weighted by molar-refractivity contribution is 5.99. The van der Waals surface area contributed by atoms with Crippen LogP contribution in [0.4, 0.5) is 0 Å². The summed E-state index contributed by atoms with van der Waals surface area (Å²) >= 11 is 0. The highest BCUT2D eigenvalue weighted by Gasteiger charge is 2.36. The van der Waals surface area contributed by atoms with Crippen molar-refractivity contribution in [3.05, 3.63) is 33.4 Å². The summed E-state index contributed by atoms with van der Waals surface area (Å²) in [6, 6.07) is 0.794. The summed E-state index contributed by atoms with van der Waals surface area (Å²) in [4.78, 5) is 40.1. The molecule has 1 unspecified atom stereocenters. The fraction of sp³-hybridized carbons (Fsp3) is 0.588. The van der Waals surface area contributed by atoms with E-state index in [1.165, 1.54) is 6.07 Å². The van der Waals surface area contributed by atoms with Gasteiger partial charge in [-0.2, -0.15) is 0 Å². The van der Waals surface area contributed by atoms with Gasteiger partial charge in [0.05, 0.1) is 5.56 Å². The molecule has 1 aromatic rings. The van der Waals surface area contributed by atoms with Crippen LogP contribution < -0.4 is 5.63 Å². The standard InChI is InChI=1S/C17H24N2O4/c1-10(2)9-18-6-7-19(12(4)16(18)21)17(22)15-11(3)8-14(20)23-13(15)5/h8,10,12H,6-7,9H2,1-5H3. The first-order chi connectivity index (χ1) is 10.7. The average molecular weight is 320 g/mol. The van der Waals surface area contributed by atoms with Gasteiger partial charge in [0, 0.05) is 25.7 Å². The largest absolute Gasteiger partial charge is 0.427 e. The summed E-state index contributed by atoms with van der Waals surface area (Å²) in [5.74, 6) is 0.394. The van der Waals surface area contributed by atoms with E-state index in [1.807, 2.05) is 4.90 Å². The van der Waals surface area contributed by atoms with E-state index in [-0.39, 0.29) is 11.8 Å². The Balaban J connectivity index is 2.25. The zero-order chi connectivity index (χ0) is 17.3. The Labute approximate surface area is 136 Å². The molecule has 1 aliphatic heterocycles. The molecule has 6 heteroatoms. The Morgan fingerprint density at radius 3 is 2.52 bits per heavy atom. The number of hydrogen-bond donors (Lipinski definition) is 0. The SMILES string of the molecule is Cc1cc(=O)oc(C)c1C(=O)N1CCN(CC(C)C)C(=O)C1C. The Hall–Kier alpha value is -2.11. The van der Waals surface area contributed by atoms with Crippen LogP contribution >= 0.6 is 0 Å². The van der Waals surface area contributed by atoms with Crippen LogP contribution in [0.3, 0.4) is 0 Å². The molecule has 2 rings (SSSR count). The van der Waals surface area contributed by atoms with Gasteiger partial charge >= 0.3 is 5.63 Å². The second-order valence-corrected chi connectivity index (χ2v) is 6.53. The number of hydrogen-bond acceptors (Lipinski definition) is 4. The number of amides is 2. The highest BCUT2D eigenvalue weighted by Crippen LogP contribution is 2.19. The van der Waals surface area contributed by atoms with E-state index in [1.54, 1.807) is 25.7 Å². The molecule has 1 saturated heterocycles. The lowest BCUT2D eigenvalue weighted by Crippen LogP contribution is -2.58. The van der Waals surface area contributed by atoms with Crippen LogP contribution in [0.1, 0.15) is 42.5 Å². The Morgan fingerprint density at radius 1 is 1.30 bits per heavy atom. The molecule has 2 heterocycles. The number of rotatable bonds is 3. The monoisotopic (exact) mass is 320 g/mol. The predicted molar refractivity (Wildman–Crippen MR) is 86.4 cm³/mol. The first kappa shape index (κ1) is 17.2. The molecule has 0 aliphatic carbocycles. The lowest BCUT2D eigenvalue weighted by Gasteiger charge is -2.40. The van der Waals surface area contributed by atoms with Gasteiger partial charge < -0.3 is 14.2 Å². The quantitative estimate of drug-likeness (QED) is 0.848. The van der Waals surface area contributed by atoms with Gasteiger partial charge in [-0.05, 0) is 32.3 Å². The maximum Gasteiger partial charge on any atom is 0.336 e. The van der Waals surface area contributed by atoms with Crippen molar-refractivity contribution in [3.63, 3.8) is 0 Å². The second-order valence-electron chi connectivity index (χ2n) is 6.53. The third kappa shape index (κ3) is 3.46. The number of piperazine rings is 1. The van der Waals surface area contributed by atoms with Crippen molar-refractivity contribution in [1.82, 2.24) is 9.80 Å². The van der Waals surface area contributed by atoms with Gasteiger partial charge in [0.25, 0.3) is 5.91 Å². The fourth-order valence-electron chi connectivity index (χ4n) is 3.05. The van der Waals surface area contributed by atoms with Crippen molar-refractivity contribution < 1.29 is 14.0 Å². The molecule has 1 fully saturated rings. The van der Waals surface area contributed by atoms with E-state index in [4.69, 9.17) is 4.42 Å². The smallest absolute Gasteiger partial charge is 0.336 e. The Morgan fingerprint density at radius 2 is 1.96 bits per heavy atom. The molecule has 0 aromatic carbocycles. The maximum absolute atomic E-state index is 12.8. The van der Waals surface area contributed by atoms with Crippen LogP contribution in [0.15, 0.2) is 15.3 Å². The van der Waals surface area contributed by atoms with Crippen molar-refractivity contribution in [1.29, 1.82) is 0 Å². The van der Waals surface area contributed by atoms with E-state index < -0.39 is 11.7 Å². The third-order valence-corrected chi connectivity index (χ3v) is 4.14. The number of nitrogens with zero attached hydrogens (tertiary/aromatic N) is 2. The zero-order valence-corrected chi connectivity index (χ0v) is 14.4. The maximum atomic E-state index is 12.8. The van der Waals surface area contributed by atoms with Crippen molar-refractivity contribution in [2.75, 3.05) is 19.6 Å². The molecule has 0 N–H and O–H groups in total. The topological polar surface area (TPSA) is 70.8 Å². The minimum absolute atomic E-state index is 0.0361. The van der Waals surface area contributed by atoms with E-state index in [2.05, 4.69) is 13.8 Å². The molecule has 126 valence electrons. The summed E-state index contributed by atoms with van der Waals surface area (Å²) < 4.78 is 5.04. The summed E-state index contributed by atoms with van der Waals surface area (Å²) in [6.45, 7) is 10.9. The minimum atomic E-state index is -0.513. The molecule has 0 saturated carbocycles. The van der Waals surface area contributed by atoms with Crippen molar-refractivity contribution in [2.45, 2.75) is 40.7 Å². The molecule has 0 bridgehead atoms. The highest BCUT2D eigenvalue weighted by atomic mass is 16.4. The summed E-state index contributed by atoms with van der Waals surface area (Å²) in [5, 5.41) is 0. The molecule has 0 radical (unpaired) electrons. The molecule has 6 nitrogen and oxygen atoms in total. The van der Waals surface area contributed by atoms with Gasteiger partial charge in [-0.3, -0.25) is 9.59 Å². The third-order valence-electron chi connectivity index (χ3n) is 4.14. The lowest BCUT2D eigenvalue weighted by molar-refractivity contribution is -0.140. The zero-order valence-electron chi connectivity index (χ0n) is 14.4. The molecule has 1 aromatic heterocycles. The van der Waals surface area contributed by atoms with Gasteiger partial charge in [0.15, 0.2) is 0 Å². The fourth-order valence-corrected chi connectivity index (χ4v) is 3.05. The van der Waals surface area contributed by atoms with Gasteiger partial charge in [-0.1, -0.05) is 13.8 Å². The first-order valence-electron chi connectivity index (χ1n) is 7.93. The summed E-state index contributed by atoms with van der Waals surface area (Å²) in [5.41, 5.74) is 0.483. The van der Waals surface area contributed by atoms with Crippen molar-refractivity contribution in [2.24, 2.45) is 5.92 Å². The average Bonchev–Trinajstić information content (AvgIpc) is 2.42. The van der Waals surface area contributed by atoms with Gasteiger partial charge in [0.1, 0.15) is 11.8 Å². The van der Waals surface area contributed by atoms with Crippen LogP contribution in [0.2, 0.25) is 0 Å². The van der Waals surface area contributed by atoms with Crippen molar-refractivity contribution >= 4 is 11.8 Å². The summed E-state index contributed by atoms with van der Waals surface area (Å²) in [7, 11) is 0. The van der Waals surface area contributed by atoms with Crippen LogP contribution in [0, 0.1) is 19.8 Å². The number of carbonyl (C=O) groups is 2. The normalized spacial score (nSPS) is 18.7. The van der Waals surface area contributed by atoms with Crippen LogP contribution in [0.25, 0.3) is 0 Å². The lowest BCUT2D eigenvalue weighted by atomic mass is 10.0. The van der Waals surface area contributed by atoms with Crippen LogP contribution in [-0.4, -0.2) is 47.3 Å². The van der Waals surface area contributed by atoms with E-state index in [0.717, 1.165) is 0 Å². The molecular formula is C17H24N2O4. The van der Waals surface area contributed by atoms with Crippen LogP contribution in [0.5, 0.6) is 0 Å². The van der Waals surface area contributed by atoms with Gasteiger partial charge in [-0.25, -0.2) is 4.79 Å². The first-order valence-corrected chi connectivity index (χ1v) is 7.93. The molecule has 1 aliphatic rings. The van der Waals surface area contributed by atoms with Gasteiger partial charge in [-0.15, -0.1) is 0 Å². The number of aryl methyl sites for hydroxylation is 2. The molecular weight excluding hydrogens is 296 g/mol. The molecule has 1 atom stereocenters. The van der Waals surface area contributed by atoms with E-state index in [0.29, 0.717) is 42.4 Å². The number of carbonyl (C=O) groups excluding carboxylic acids is 2.